The number of halogens is 2. The smallest absolute Gasteiger partial charge is 0.300 e. The van der Waals surface area contributed by atoms with Crippen molar-refractivity contribution in [2.45, 2.75) is 20.8 Å². The van der Waals surface area contributed by atoms with Crippen molar-refractivity contribution in [1.29, 1.82) is 0 Å². The Balaban J connectivity index is -0.0000000646. The third-order valence-electron chi connectivity index (χ3n) is 0. The number of aliphatic carboxylic acids is 1. The average Bonchev–Trinajstić information content (AvgIpc) is 1.71. The van der Waals surface area contributed by atoms with Gasteiger partial charge in [-0.3, -0.25) is 4.79 Å². The van der Waals surface area contributed by atoms with Gasteiger partial charge in [0.15, 0.2) is 0 Å². The Hall–Kier alpha value is 0.0500. The summed E-state index contributed by atoms with van der Waals surface area (Å²) in [7, 11) is 0. The van der Waals surface area contributed by atoms with E-state index in [0.29, 0.717) is 0 Å². The summed E-state index contributed by atoms with van der Waals surface area (Å²) in [6.07, 6.45) is 0. The first-order chi connectivity index (χ1) is 4.15. The highest BCUT2D eigenvalue weighted by Gasteiger charge is 1.65. The molecule has 0 unspecified atom stereocenters. The molecule has 0 aliphatic heterocycles. The molecular weight excluding hydrogens is 163 g/mol. The van der Waals surface area contributed by atoms with Crippen LogP contribution in [0, 0.1) is 0 Å². The zero-order chi connectivity index (χ0) is 8.28. The minimum atomic E-state index is -0.833. The van der Waals surface area contributed by atoms with E-state index in [4.69, 9.17) is 33.1 Å². The van der Waals surface area contributed by atoms with Gasteiger partial charge in [0.25, 0.3) is 5.97 Å². The summed E-state index contributed by atoms with van der Waals surface area (Å²) in [5.41, 5.74) is 0. The minimum Gasteiger partial charge on any atom is -0.481 e. The molecule has 0 fully saturated rings. The molecular formula is C5H12Cl2O2. The molecule has 0 atom stereocenters. The maximum atomic E-state index is 9.00. The van der Waals surface area contributed by atoms with Crippen molar-refractivity contribution in [3.05, 3.63) is 0 Å². The number of rotatable bonds is 0. The first-order valence-electron chi connectivity index (χ1n) is 2.46. The van der Waals surface area contributed by atoms with E-state index in [1.54, 1.807) is 0 Å². The van der Waals surface area contributed by atoms with Crippen LogP contribution in [-0.4, -0.2) is 16.4 Å². The molecule has 1 N–H and O–H groups in total. The Labute approximate surface area is 65.8 Å². The second kappa shape index (κ2) is 24.4. The van der Waals surface area contributed by atoms with Crippen LogP contribution in [0.5, 0.6) is 0 Å². The van der Waals surface area contributed by atoms with Gasteiger partial charge in [-0.15, -0.1) is 23.2 Å². The van der Waals surface area contributed by atoms with Crippen LogP contribution < -0.4 is 0 Å². The Morgan fingerprint density at radius 1 is 1.44 bits per heavy atom. The van der Waals surface area contributed by atoms with Crippen LogP contribution in [0.1, 0.15) is 20.8 Å². The second-order valence-electron chi connectivity index (χ2n) is 0.620. The van der Waals surface area contributed by atoms with E-state index in [-0.39, 0.29) is 5.34 Å². The molecule has 0 aromatic rings. The van der Waals surface area contributed by atoms with Gasteiger partial charge in [-0.25, -0.2) is 0 Å². The van der Waals surface area contributed by atoms with Gasteiger partial charge in [-0.2, -0.15) is 0 Å². The van der Waals surface area contributed by atoms with Gasteiger partial charge in [-0.05, 0) is 0 Å². The van der Waals surface area contributed by atoms with Gasteiger partial charge in [-0.1, -0.05) is 13.8 Å². The summed E-state index contributed by atoms with van der Waals surface area (Å²) >= 11 is 9.53. The van der Waals surface area contributed by atoms with Gasteiger partial charge in [0.05, 0.1) is 5.34 Å². The van der Waals surface area contributed by atoms with Crippen molar-refractivity contribution in [2.75, 3.05) is 5.34 Å². The standard InChI is InChI=1S/C2H4O2.C2H6.CH2Cl2/c1-2(3)4;1-2;2-1-3/h1H3,(H,3,4);1-2H3;1H2. The molecule has 0 aliphatic carbocycles. The average molecular weight is 175 g/mol. The molecule has 0 heterocycles. The summed E-state index contributed by atoms with van der Waals surface area (Å²) in [6, 6.07) is 0. The SMILES string of the molecule is CC.CC(=O)O.ClCCl. The number of hydrogen-bond donors (Lipinski definition) is 1. The largest absolute Gasteiger partial charge is 0.481 e. The van der Waals surface area contributed by atoms with Gasteiger partial charge >= 0.3 is 0 Å². The fourth-order valence-corrected chi connectivity index (χ4v) is 0. The summed E-state index contributed by atoms with van der Waals surface area (Å²) in [4.78, 5) is 9.00. The lowest BCUT2D eigenvalue weighted by Crippen LogP contribution is -1.78. The number of carboxylic acid groups (broad SMARTS) is 1. The summed E-state index contributed by atoms with van der Waals surface area (Å²) in [6.45, 7) is 5.08. The molecule has 9 heavy (non-hydrogen) atoms. The Kier molecular flexibility index (Phi) is 43.4. The van der Waals surface area contributed by atoms with E-state index in [2.05, 4.69) is 0 Å². The van der Waals surface area contributed by atoms with Crippen LogP contribution in [0.3, 0.4) is 0 Å². The molecule has 0 bridgehead atoms. The van der Waals surface area contributed by atoms with Crippen molar-refractivity contribution in [1.82, 2.24) is 0 Å². The van der Waals surface area contributed by atoms with Gasteiger partial charge < -0.3 is 5.11 Å². The Morgan fingerprint density at radius 3 is 1.44 bits per heavy atom. The van der Waals surface area contributed by atoms with Crippen LogP contribution in [0.2, 0.25) is 0 Å². The predicted octanol–water partition coefficient (Wildman–Crippen LogP) is 2.54. The summed E-state index contributed by atoms with van der Waals surface area (Å²) in [5.74, 6) is -0.833. The lowest BCUT2D eigenvalue weighted by molar-refractivity contribution is -0.134. The van der Waals surface area contributed by atoms with Crippen LogP contribution in [0.4, 0.5) is 0 Å². The molecule has 58 valence electrons. The van der Waals surface area contributed by atoms with Crippen LogP contribution in [0.15, 0.2) is 0 Å². The van der Waals surface area contributed by atoms with E-state index in [1.807, 2.05) is 13.8 Å². The minimum absolute atomic E-state index is 0.194. The van der Waals surface area contributed by atoms with Crippen molar-refractivity contribution < 1.29 is 9.90 Å². The highest BCUT2D eigenvalue weighted by Crippen LogP contribution is 1.73. The number of hydrogen-bond acceptors (Lipinski definition) is 1. The zero-order valence-corrected chi connectivity index (χ0v) is 7.33. The molecule has 0 amide bonds. The topological polar surface area (TPSA) is 37.3 Å². The first-order valence-corrected chi connectivity index (χ1v) is 3.53. The summed E-state index contributed by atoms with van der Waals surface area (Å²) in [5, 5.41) is 7.61. The van der Waals surface area contributed by atoms with E-state index in [1.165, 1.54) is 0 Å². The van der Waals surface area contributed by atoms with Crippen molar-refractivity contribution in [3.63, 3.8) is 0 Å². The van der Waals surface area contributed by atoms with E-state index in [9.17, 15) is 0 Å². The normalized spacial score (nSPS) is 5.44. The first kappa shape index (κ1) is 16.0. The molecule has 4 heteroatoms. The predicted molar refractivity (Wildman–Crippen MR) is 41.2 cm³/mol. The molecule has 0 aliphatic rings. The number of alkyl halides is 2. The van der Waals surface area contributed by atoms with Crippen molar-refractivity contribution >= 4 is 29.2 Å². The number of carbonyl (C=O) groups is 1. The Bertz CT molecular complexity index is 44.2. The molecule has 0 rings (SSSR count). The monoisotopic (exact) mass is 174 g/mol. The third-order valence-corrected chi connectivity index (χ3v) is 0. The third kappa shape index (κ3) is 118000. The lowest BCUT2D eigenvalue weighted by Gasteiger charge is -1.59. The molecule has 0 saturated heterocycles. The van der Waals surface area contributed by atoms with Gasteiger partial charge in [0.2, 0.25) is 0 Å². The van der Waals surface area contributed by atoms with Gasteiger partial charge in [0, 0.05) is 6.92 Å². The van der Waals surface area contributed by atoms with Gasteiger partial charge in [0.1, 0.15) is 0 Å². The maximum absolute atomic E-state index is 9.00. The molecule has 0 spiro atoms. The maximum Gasteiger partial charge on any atom is 0.300 e. The fraction of sp³-hybridized carbons (Fsp3) is 0.800. The molecule has 0 saturated carbocycles. The van der Waals surface area contributed by atoms with Crippen LogP contribution in [-0.2, 0) is 4.79 Å². The molecule has 0 radical (unpaired) electrons. The summed E-state index contributed by atoms with van der Waals surface area (Å²) < 4.78 is 0. The fourth-order valence-electron chi connectivity index (χ4n) is 0. The molecule has 0 aromatic carbocycles. The quantitative estimate of drug-likeness (QED) is 0.574. The van der Waals surface area contributed by atoms with E-state index in [0.717, 1.165) is 6.92 Å². The van der Waals surface area contributed by atoms with Crippen LogP contribution >= 0.6 is 23.2 Å². The molecule has 2 nitrogen and oxygen atoms in total. The highest BCUT2D eigenvalue weighted by molar-refractivity contribution is 6.40. The Morgan fingerprint density at radius 2 is 1.44 bits per heavy atom. The zero-order valence-electron chi connectivity index (χ0n) is 5.82. The van der Waals surface area contributed by atoms with E-state index < -0.39 is 5.97 Å². The second-order valence-corrected chi connectivity index (χ2v) is 1.43. The number of carboxylic acids is 1. The molecule has 0 aromatic heterocycles. The van der Waals surface area contributed by atoms with Crippen molar-refractivity contribution in [2.24, 2.45) is 0 Å². The van der Waals surface area contributed by atoms with Crippen LogP contribution in [0.25, 0.3) is 0 Å². The lowest BCUT2D eigenvalue weighted by atomic mass is 10.9. The van der Waals surface area contributed by atoms with E-state index >= 15 is 0 Å². The highest BCUT2D eigenvalue weighted by atomic mass is 35.5. The van der Waals surface area contributed by atoms with Crippen molar-refractivity contribution in [3.8, 4) is 0 Å².